The molecule has 14 nitrogen and oxygen atoms in total. The third kappa shape index (κ3) is 11.2. The minimum Gasteiger partial charge on any atom is -0.444 e. The van der Waals surface area contributed by atoms with E-state index in [2.05, 4.69) is 5.32 Å². The highest BCUT2D eigenvalue weighted by Crippen LogP contribution is 2.33. The van der Waals surface area contributed by atoms with Crippen molar-refractivity contribution in [2.24, 2.45) is 0 Å². The van der Waals surface area contributed by atoms with Crippen LogP contribution < -0.4 is 10.2 Å². The highest BCUT2D eigenvalue weighted by molar-refractivity contribution is 7.91. The summed E-state index contributed by atoms with van der Waals surface area (Å²) in [5.41, 5.74) is -0.0401. The van der Waals surface area contributed by atoms with Gasteiger partial charge in [0.25, 0.3) is 0 Å². The van der Waals surface area contributed by atoms with Crippen molar-refractivity contribution in [1.82, 2.24) is 10.2 Å². The Balaban J connectivity index is 1.42. The van der Waals surface area contributed by atoms with Gasteiger partial charge >= 0.3 is 24.2 Å². The van der Waals surface area contributed by atoms with Gasteiger partial charge in [0.2, 0.25) is 12.7 Å². The molecular weight excluding hydrogens is 617 g/mol. The summed E-state index contributed by atoms with van der Waals surface area (Å²) in [7, 11) is -3.10. The van der Waals surface area contributed by atoms with E-state index in [-0.39, 0.29) is 42.6 Å². The van der Waals surface area contributed by atoms with Crippen molar-refractivity contribution in [1.29, 1.82) is 0 Å². The first-order chi connectivity index (χ1) is 21.0. The normalized spacial score (nSPS) is 18.1. The van der Waals surface area contributed by atoms with E-state index in [4.69, 9.17) is 18.9 Å². The molecule has 2 aliphatic heterocycles. The van der Waals surface area contributed by atoms with E-state index in [1.807, 2.05) is 0 Å². The number of nitrogens with one attached hydrogen (secondary N) is 1. The number of imide groups is 1. The van der Waals surface area contributed by atoms with Crippen LogP contribution in [0, 0.1) is 5.82 Å². The number of cyclic esters (lactones) is 1. The summed E-state index contributed by atoms with van der Waals surface area (Å²) in [6.07, 6.45) is -1.92. The lowest BCUT2D eigenvalue weighted by Gasteiger charge is -2.23. The van der Waals surface area contributed by atoms with Gasteiger partial charge in [0, 0.05) is 19.9 Å². The minimum atomic E-state index is -3.10. The standard InChI is InChI=1S/C29H40FN3O11S/c1-19(34)32(27(37)42-18-41-25(35)7-5-6-12-31-26(36)44-29(2,3)4)16-22-17-33(28(38)43-22)21-8-9-23(24(30)15-21)20-10-13-45(39,40)14-11-20/h8-9,15,20,22H,5-7,10-14,16-18H2,1-4H3,(H,31,36)/t22-/m0/s1. The maximum Gasteiger partial charge on any atom is 0.419 e. The molecule has 0 saturated carbocycles. The average molecular weight is 658 g/mol. The molecule has 16 heteroatoms. The number of hydrogen-bond acceptors (Lipinski definition) is 11. The lowest BCUT2D eigenvalue weighted by atomic mass is 9.93. The summed E-state index contributed by atoms with van der Waals surface area (Å²) < 4.78 is 58.6. The smallest absolute Gasteiger partial charge is 0.419 e. The Morgan fingerprint density at radius 2 is 1.80 bits per heavy atom. The number of ether oxygens (including phenoxy) is 4. The first-order valence-electron chi connectivity index (χ1n) is 14.6. The third-order valence-electron chi connectivity index (χ3n) is 7.03. The molecular formula is C29H40FN3O11S. The molecule has 45 heavy (non-hydrogen) atoms. The first kappa shape index (κ1) is 35.5. The van der Waals surface area contributed by atoms with Gasteiger partial charge in [-0.15, -0.1) is 0 Å². The second-order valence-electron chi connectivity index (χ2n) is 11.8. The molecule has 1 aromatic rings. The van der Waals surface area contributed by atoms with Crippen LogP contribution in [0.1, 0.15) is 71.3 Å². The summed E-state index contributed by atoms with van der Waals surface area (Å²) in [6, 6.07) is 4.23. The number of benzene rings is 1. The van der Waals surface area contributed by atoms with Crippen molar-refractivity contribution in [3.05, 3.63) is 29.6 Å². The molecule has 2 saturated heterocycles. The zero-order valence-electron chi connectivity index (χ0n) is 25.8. The largest absolute Gasteiger partial charge is 0.444 e. The van der Waals surface area contributed by atoms with E-state index in [0.717, 1.165) is 11.8 Å². The number of hydrogen-bond donors (Lipinski definition) is 1. The molecule has 1 aromatic carbocycles. The molecule has 0 bridgehead atoms. The van der Waals surface area contributed by atoms with Crippen LogP contribution >= 0.6 is 0 Å². The van der Waals surface area contributed by atoms with E-state index in [1.165, 1.54) is 18.2 Å². The predicted molar refractivity (Wildman–Crippen MR) is 158 cm³/mol. The fraction of sp³-hybridized carbons (Fsp3) is 0.621. The number of rotatable bonds is 11. The van der Waals surface area contributed by atoms with Crippen molar-refractivity contribution >= 4 is 45.7 Å². The van der Waals surface area contributed by atoms with Crippen LogP contribution in [0.4, 0.5) is 24.5 Å². The summed E-state index contributed by atoms with van der Waals surface area (Å²) in [4.78, 5) is 62.6. The molecule has 2 fully saturated rings. The predicted octanol–water partition coefficient (Wildman–Crippen LogP) is 3.62. The number of nitrogens with zero attached hydrogens (tertiary/aromatic N) is 2. The van der Waals surface area contributed by atoms with Crippen LogP contribution in [0.3, 0.4) is 0 Å². The zero-order valence-corrected chi connectivity index (χ0v) is 26.7. The monoisotopic (exact) mass is 657 g/mol. The summed E-state index contributed by atoms with van der Waals surface area (Å²) in [5.74, 6) is -2.19. The summed E-state index contributed by atoms with van der Waals surface area (Å²) in [5, 5.41) is 2.57. The maximum absolute atomic E-state index is 15.0. The van der Waals surface area contributed by atoms with Crippen LogP contribution in [0.25, 0.3) is 0 Å². The van der Waals surface area contributed by atoms with E-state index >= 15 is 0 Å². The number of alkyl carbamates (subject to hydrolysis) is 1. The quantitative estimate of drug-likeness (QED) is 0.159. The van der Waals surface area contributed by atoms with Crippen molar-refractivity contribution < 1.29 is 55.7 Å². The van der Waals surface area contributed by atoms with Gasteiger partial charge in [0.1, 0.15) is 27.4 Å². The molecule has 0 unspecified atom stereocenters. The number of esters is 1. The van der Waals surface area contributed by atoms with Crippen LogP contribution in [0.5, 0.6) is 0 Å². The number of carbonyl (C=O) groups is 5. The SMILES string of the molecule is CC(=O)N(C[C@H]1CN(c2ccc(C3CCS(=O)(=O)CC3)c(F)c2)C(=O)O1)C(=O)OCOC(=O)CCCCNC(=O)OC(C)(C)C. The Kier molecular flexibility index (Phi) is 12.1. The zero-order chi connectivity index (χ0) is 33.4. The average Bonchev–Trinajstić information content (AvgIpc) is 3.30. The molecule has 1 N–H and O–H groups in total. The van der Waals surface area contributed by atoms with E-state index in [0.29, 0.717) is 42.7 Å². The third-order valence-corrected chi connectivity index (χ3v) is 8.74. The number of amides is 4. The summed E-state index contributed by atoms with van der Waals surface area (Å²) >= 11 is 0. The highest BCUT2D eigenvalue weighted by atomic mass is 32.2. The van der Waals surface area contributed by atoms with E-state index in [9.17, 15) is 36.8 Å². The van der Waals surface area contributed by atoms with Crippen molar-refractivity contribution in [3.8, 4) is 0 Å². The molecule has 0 spiro atoms. The first-order valence-corrected chi connectivity index (χ1v) is 16.4. The molecule has 0 aliphatic carbocycles. The fourth-order valence-corrected chi connectivity index (χ4v) is 6.26. The Labute approximate surface area is 261 Å². The fourth-order valence-electron chi connectivity index (χ4n) is 4.77. The van der Waals surface area contributed by atoms with Gasteiger partial charge in [-0.1, -0.05) is 6.07 Å². The molecule has 0 aromatic heterocycles. The van der Waals surface area contributed by atoms with Gasteiger partial charge < -0.3 is 24.3 Å². The lowest BCUT2D eigenvalue weighted by Crippen LogP contribution is -2.42. The second-order valence-corrected chi connectivity index (χ2v) is 14.1. The molecule has 0 radical (unpaired) electrons. The van der Waals surface area contributed by atoms with Gasteiger partial charge in [-0.05, 0) is 70.1 Å². The maximum atomic E-state index is 15.0. The summed E-state index contributed by atoms with van der Waals surface area (Å²) in [6.45, 7) is 5.44. The molecule has 4 amide bonds. The van der Waals surface area contributed by atoms with Crippen molar-refractivity contribution in [3.63, 3.8) is 0 Å². The molecule has 3 rings (SSSR count). The van der Waals surface area contributed by atoms with Gasteiger partial charge in [-0.25, -0.2) is 32.1 Å². The minimum absolute atomic E-state index is 0.00195. The Hall–Kier alpha value is -3.95. The van der Waals surface area contributed by atoms with Gasteiger partial charge in [0.05, 0.1) is 30.3 Å². The lowest BCUT2D eigenvalue weighted by molar-refractivity contribution is -0.152. The molecule has 1 atom stereocenters. The van der Waals surface area contributed by atoms with Crippen LogP contribution in [-0.2, 0) is 38.4 Å². The number of carbonyl (C=O) groups excluding carboxylic acids is 5. The second kappa shape index (κ2) is 15.4. The van der Waals surface area contributed by atoms with E-state index in [1.54, 1.807) is 20.8 Å². The van der Waals surface area contributed by atoms with Crippen LogP contribution in [0.2, 0.25) is 0 Å². The van der Waals surface area contributed by atoms with Gasteiger partial charge in [-0.2, -0.15) is 0 Å². The Morgan fingerprint density at radius 3 is 2.42 bits per heavy atom. The van der Waals surface area contributed by atoms with E-state index < -0.39 is 64.3 Å². The Morgan fingerprint density at radius 1 is 1.11 bits per heavy atom. The van der Waals surface area contributed by atoms with Crippen molar-refractivity contribution in [2.45, 2.75) is 77.4 Å². The molecule has 250 valence electrons. The van der Waals surface area contributed by atoms with Crippen molar-refractivity contribution in [2.75, 3.05) is 42.8 Å². The van der Waals surface area contributed by atoms with Crippen LogP contribution in [0.15, 0.2) is 18.2 Å². The van der Waals surface area contributed by atoms with Gasteiger partial charge in [-0.3, -0.25) is 14.5 Å². The Bertz CT molecular complexity index is 1370. The van der Waals surface area contributed by atoms with Gasteiger partial charge in [0.15, 0.2) is 0 Å². The molecule has 2 aliphatic rings. The van der Waals surface area contributed by atoms with Crippen LogP contribution in [-0.4, -0.2) is 93.1 Å². The number of anilines is 1. The number of sulfone groups is 1. The molecule has 2 heterocycles. The number of halogens is 1. The number of unbranched alkanes of at least 4 members (excludes halogenated alkanes) is 1. The highest BCUT2D eigenvalue weighted by Gasteiger charge is 2.36. The topological polar surface area (TPSA) is 175 Å².